The Morgan fingerprint density at radius 2 is 2.53 bits per heavy atom. The van der Waals surface area contributed by atoms with Gasteiger partial charge in [0.2, 0.25) is 0 Å². The highest BCUT2D eigenvalue weighted by molar-refractivity contribution is 6.33. The first-order valence-electron chi connectivity index (χ1n) is 5.72. The fourth-order valence-electron chi connectivity index (χ4n) is 1.87. The van der Waals surface area contributed by atoms with Crippen molar-refractivity contribution >= 4 is 17.5 Å². The number of carbonyl (C=O) groups is 1. The minimum absolute atomic E-state index is 0.0425. The number of hydrogen-bond donors (Lipinski definition) is 0. The molecule has 92 valence electrons. The first-order valence-corrected chi connectivity index (χ1v) is 6.10. The third kappa shape index (κ3) is 2.76. The van der Waals surface area contributed by atoms with Crippen LogP contribution in [0.4, 0.5) is 0 Å². The molecule has 0 aromatic carbocycles. The maximum Gasteiger partial charge on any atom is 0.255 e. The molecule has 1 unspecified atom stereocenters. The third-order valence-corrected chi connectivity index (χ3v) is 3.19. The fourth-order valence-corrected chi connectivity index (χ4v) is 2.07. The summed E-state index contributed by atoms with van der Waals surface area (Å²) < 4.78 is 5.53. The van der Waals surface area contributed by atoms with Crippen molar-refractivity contribution in [1.29, 1.82) is 0 Å². The quantitative estimate of drug-likeness (QED) is 0.811. The normalized spacial score (nSPS) is 20.4. The number of ether oxygens (including phenoxy) is 1. The van der Waals surface area contributed by atoms with Crippen LogP contribution in [0.15, 0.2) is 18.5 Å². The summed E-state index contributed by atoms with van der Waals surface area (Å²) in [5.41, 5.74) is 0.512. The van der Waals surface area contributed by atoms with Crippen molar-refractivity contribution in [2.75, 3.05) is 19.7 Å². The Bertz CT molecular complexity index is 411. The van der Waals surface area contributed by atoms with Gasteiger partial charge in [0.1, 0.15) is 0 Å². The summed E-state index contributed by atoms with van der Waals surface area (Å²) in [4.78, 5) is 17.9. The predicted octanol–water partition coefficient (Wildman–Crippen LogP) is 1.99. The Morgan fingerprint density at radius 1 is 1.71 bits per heavy atom. The molecule has 1 aliphatic heterocycles. The molecule has 1 aromatic rings. The lowest BCUT2D eigenvalue weighted by atomic mass is 10.2. The van der Waals surface area contributed by atoms with Gasteiger partial charge in [-0.15, -0.1) is 0 Å². The standard InChI is InChI=1S/C12H15ClN2O2/c1-2-9-8-15(5-6-17-9)12(16)10-3-4-14-7-11(10)13/h3-4,7,9H,2,5-6,8H2,1H3. The van der Waals surface area contributed by atoms with Gasteiger partial charge in [-0.25, -0.2) is 0 Å². The van der Waals surface area contributed by atoms with Gasteiger partial charge >= 0.3 is 0 Å². The number of morpholine rings is 1. The minimum atomic E-state index is -0.0425. The van der Waals surface area contributed by atoms with Gasteiger partial charge in [0.25, 0.3) is 5.91 Å². The summed E-state index contributed by atoms with van der Waals surface area (Å²) in [6, 6.07) is 1.65. The van der Waals surface area contributed by atoms with E-state index in [2.05, 4.69) is 11.9 Å². The van der Waals surface area contributed by atoms with Crippen LogP contribution < -0.4 is 0 Å². The number of aromatic nitrogens is 1. The van der Waals surface area contributed by atoms with Crippen LogP contribution in [-0.4, -0.2) is 41.6 Å². The molecule has 0 aliphatic carbocycles. The highest BCUT2D eigenvalue weighted by Crippen LogP contribution is 2.18. The van der Waals surface area contributed by atoms with Crippen molar-refractivity contribution in [3.63, 3.8) is 0 Å². The molecule has 0 saturated carbocycles. The van der Waals surface area contributed by atoms with Gasteiger partial charge in [0.05, 0.1) is 23.3 Å². The smallest absolute Gasteiger partial charge is 0.255 e. The van der Waals surface area contributed by atoms with Crippen LogP contribution in [0.3, 0.4) is 0 Å². The molecule has 1 saturated heterocycles. The van der Waals surface area contributed by atoms with Gasteiger partial charge in [-0.2, -0.15) is 0 Å². The number of pyridine rings is 1. The van der Waals surface area contributed by atoms with E-state index >= 15 is 0 Å². The average molecular weight is 255 g/mol. The molecule has 1 atom stereocenters. The Labute approximate surface area is 106 Å². The highest BCUT2D eigenvalue weighted by atomic mass is 35.5. The Morgan fingerprint density at radius 3 is 3.24 bits per heavy atom. The van der Waals surface area contributed by atoms with E-state index in [1.807, 2.05) is 0 Å². The molecule has 2 heterocycles. The van der Waals surface area contributed by atoms with E-state index in [1.165, 1.54) is 6.20 Å². The number of halogens is 1. The zero-order valence-electron chi connectivity index (χ0n) is 9.73. The van der Waals surface area contributed by atoms with Crippen molar-refractivity contribution in [2.45, 2.75) is 19.4 Å². The summed E-state index contributed by atoms with van der Waals surface area (Å²) in [6.45, 7) is 3.90. The maximum absolute atomic E-state index is 12.2. The fraction of sp³-hybridized carbons (Fsp3) is 0.500. The largest absolute Gasteiger partial charge is 0.375 e. The second-order valence-electron chi connectivity index (χ2n) is 4.01. The van der Waals surface area contributed by atoms with E-state index < -0.39 is 0 Å². The van der Waals surface area contributed by atoms with E-state index in [4.69, 9.17) is 16.3 Å². The molecule has 1 amide bonds. The van der Waals surface area contributed by atoms with E-state index in [0.717, 1.165) is 6.42 Å². The monoisotopic (exact) mass is 254 g/mol. The SMILES string of the molecule is CCC1CN(C(=O)c2ccncc2Cl)CCO1. The molecule has 1 fully saturated rings. The van der Waals surface area contributed by atoms with E-state index in [1.54, 1.807) is 17.2 Å². The lowest BCUT2D eigenvalue weighted by Gasteiger charge is -2.32. The van der Waals surface area contributed by atoms with Crippen molar-refractivity contribution in [1.82, 2.24) is 9.88 Å². The van der Waals surface area contributed by atoms with Crippen LogP contribution in [0.1, 0.15) is 23.7 Å². The number of amides is 1. The Hall–Kier alpha value is -1.13. The Balaban J connectivity index is 2.12. The van der Waals surface area contributed by atoms with Crippen molar-refractivity contribution in [3.05, 3.63) is 29.0 Å². The number of hydrogen-bond acceptors (Lipinski definition) is 3. The molecule has 4 nitrogen and oxygen atoms in total. The lowest BCUT2D eigenvalue weighted by Crippen LogP contribution is -2.45. The van der Waals surface area contributed by atoms with Gasteiger partial charge in [0.15, 0.2) is 0 Å². The van der Waals surface area contributed by atoms with Crippen molar-refractivity contribution in [2.24, 2.45) is 0 Å². The van der Waals surface area contributed by atoms with Crippen LogP contribution in [0, 0.1) is 0 Å². The van der Waals surface area contributed by atoms with Gasteiger partial charge in [0, 0.05) is 25.5 Å². The molecule has 0 radical (unpaired) electrons. The van der Waals surface area contributed by atoms with Gasteiger partial charge in [-0.3, -0.25) is 9.78 Å². The van der Waals surface area contributed by atoms with E-state index in [-0.39, 0.29) is 12.0 Å². The molecule has 2 rings (SSSR count). The van der Waals surface area contributed by atoms with E-state index in [9.17, 15) is 4.79 Å². The van der Waals surface area contributed by atoms with Crippen LogP contribution >= 0.6 is 11.6 Å². The van der Waals surface area contributed by atoms with Crippen LogP contribution in [0.2, 0.25) is 5.02 Å². The first kappa shape index (κ1) is 12.3. The number of nitrogens with zero attached hydrogens (tertiary/aromatic N) is 2. The van der Waals surface area contributed by atoms with Gasteiger partial charge < -0.3 is 9.64 Å². The van der Waals surface area contributed by atoms with Crippen molar-refractivity contribution in [3.8, 4) is 0 Å². The molecule has 0 spiro atoms. The molecule has 0 N–H and O–H groups in total. The highest BCUT2D eigenvalue weighted by Gasteiger charge is 2.25. The summed E-state index contributed by atoms with van der Waals surface area (Å²) in [7, 11) is 0. The molecule has 0 bridgehead atoms. The molecule has 5 heteroatoms. The van der Waals surface area contributed by atoms with Gasteiger partial charge in [-0.1, -0.05) is 18.5 Å². The predicted molar refractivity (Wildman–Crippen MR) is 65.2 cm³/mol. The van der Waals surface area contributed by atoms with Gasteiger partial charge in [-0.05, 0) is 12.5 Å². The molecular weight excluding hydrogens is 240 g/mol. The zero-order chi connectivity index (χ0) is 12.3. The molecule has 1 aromatic heterocycles. The average Bonchev–Trinajstić information content (AvgIpc) is 2.38. The molecular formula is C12H15ClN2O2. The number of carbonyl (C=O) groups excluding carboxylic acids is 1. The summed E-state index contributed by atoms with van der Waals surface area (Å²) in [6.07, 6.45) is 4.12. The van der Waals surface area contributed by atoms with Crippen LogP contribution in [0.25, 0.3) is 0 Å². The minimum Gasteiger partial charge on any atom is -0.375 e. The topological polar surface area (TPSA) is 42.4 Å². The lowest BCUT2D eigenvalue weighted by molar-refractivity contribution is -0.0226. The second-order valence-corrected chi connectivity index (χ2v) is 4.41. The summed E-state index contributed by atoms with van der Waals surface area (Å²) >= 11 is 5.97. The Kier molecular flexibility index (Phi) is 3.97. The zero-order valence-corrected chi connectivity index (χ0v) is 10.5. The summed E-state index contributed by atoms with van der Waals surface area (Å²) in [5.74, 6) is -0.0425. The van der Waals surface area contributed by atoms with Crippen LogP contribution in [0.5, 0.6) is 0 Å². The second kappa shape index (κ2) is 5.47. The third-order valence-electron chi connectivity index (χ3n) is 2.88. The first-order chi connectivity index (χ1) is 8.22. The molecule has 1 aliphatic rings. The number of rotatable bonds is 2. The maximum atomic E-state index is 12.2. The van der Waals surface area contributed by atoms with E-state index in [0.29, 0.717) is 30.3 Å². The van der Waals surface area contributed by atoms with Crippen molar-refractivity contribution < 1.29 is 9.53 Å². The summed E-state index contributed by atoms with van der Waals surface area (Å²) in [5, 5.41) is 0.400. The van der Waals surface area contributed by atoms with Crippen LogP contribution in [-0.2, 0) is 4.74 Å². The molecule has 17 heavy (non-hydrogen) atoms.